The van der Waals surface area contributed by atoms with Gasteiger partial charge in [-0.1, -0.05) is 32.9 Å². The van der Waals surface area contributed by atoms with Crippen LogP contribution in [-0.4, -0.2) is 16.2 Å². The number of thiol groups is 1. The lowest BCUT2D eigenvalue weighted by Gasteiger charge is -2.26. The molecule has 0 bridgehead atoms. The zero-order chi connectivity index (χ0) is 14.1. The molecule has 100 valence electrons. The summed E-state index contributed by atoms with van der Waals surface area (Å²) in [5.41, 5.74) is 1.40. The largest absolute Gasteiger partial charge is 0.508 e. The number of phenolic OH excluding ortho intramolecular Hbond substituents is 1. The van der Waals surface area contributed by atoms with Crippen molar-refractivity contribution in [2.24, 2.45) is 0 Å². The molecule has 18 heavy (non-hydrogen) atoms. The second kappa shape index (κ2) is 4.84. The minimum atomic E-state index is -0.891. The minimum Gasteiger partial charge on any atom is -0.508 e. The van der Waals surface area contributed by atoms with Gasteiger partial charge in [-0.3, -0.25) is 4.79 Å². The molecule has 2 N–H and O–H groups in total. The number of hydrogen-bond acceptors (Lipinski definition) is 3. The van der Waals surface area contributed by atoms with Crippen molar-refractivity contribution in [1.82, 2.24) is 0 Å². The maximum atomic E-state index is 10.8. The molecule has 1 aromatic rings. The summed E-state index contributed by atoms with van der Waals surface area (Å²) in [6.45, 7) is 7.76. The first-order valence-electron chi connectivity index (χ1n) is 5.82. The molecular weight excluding hydrogens is 248 g/mol. The Labute approximate surface area is 113 Å². The van der Waals surface area contributed by atoms with Crippen molar-refractivity contribution in [2.45, 2.75) is 44.3 Å². The quantitative estimate of drug-likeness (QED) is 0.737. The fourth-order valence-electron chi connectivity index (χ4n) is 1.87. The Morgan fingerprint density at radius 2 is 1.83 bits per heavy atom. The third-order valence-electron chi connectivity index (χ3n) is 2.92. The highest BCUT2D eigenvalue weighted by Gasteiger charge is 2.28. The first-order chi connectivity index (χ1) is 8.04. The molecule has 0 amide bonds. The Kier molecular flexibility index (Phi) is 4.01. The summed E-state index contributed by atoms with van der Waals surface area (Å²) in [6, 6.07) is 5.16. The number of aliphatic carboxylic acids is 1. The van der Waals surface area contributed by atoms with Crippen LogP contribution in [0.5, 0.6) is 5.75 Å². The Bertz CT molecular complexity index is 459. The lowest BCUT2D eigenvalue weighted by atomic mass is 9.83. The first-order valence-corrected chi connectivity index (χ1v) is 6.27. The van der Waals surface area contributed by atoms with E-state index in [0.717, 1.165) is 11.1 Å². The molecule has 3 nitrogen and oxygen atoms in total. The molecule has 1 rings (SSSR count). The summed E-state index contributed by atoms with van der Waals surface area (Å²) in [5.74, 6) is -0.663. The zero-order valence-corrected chi connectivity index (χ0v) is 12.1. The van der Waals surface area contributed by atoms with Crippen molar-refractivity contribution in [3.63, 3.8) is 0 Å². The standard InChI is InChI=1S/C14H20O3S/c1-13(2,3)10-7-9(5-6-11(10)15)14(4,18)8-12(16)17/h5-7,15,18H,8H2,1-4H3,(H,16,17). The molecular formula is C14H20O3S. The van der Waals surface area contributed by atoms with Gasteiger partial charge >= 0.3 is 5.97 Å². The van der Waals surface area contributed by atoms with Crippen molar-refractivity contribution in [3.05, 3.63) is 29.3 Å². The number of benzene rings is 1. The van der Waals surface area contributed by atoms with Gasteiger partial charge in [-0.2, -0.15) is 12.6 Å². The molecule has 1 aromatic carbocycles. The van der Waals surface area contributed by atoms with E-state index in [4.69, 9.17) is 5.11 Å². The van der Waals surface area contributed by atoms with Crippen molar-refractivity contribution < 1.29 is 15.0 Å². The van der Waals surface area contributed by atoms with E-state index in [1.165, 1.54) is 0 Å². The third-order valence-corrected chi connectivity index (χ3v) is 3.34. The summed E-state index contributed by atoms with van der Waals surface area (Å²) < 4.78 is -0.750. The smallest absolute Gasteiger partial charge is 0.305 e. The molecule has 0 aliphatic heterocycles. The van der Waals surface area contributed by atoms with Crippen LogP contribution in [0.1, 0.15) is 45.2 Å². The molecule has 0 saturated heterocycles. The second-order valence-electron chi connectivity index (χ2n) is 5.83. The second-order valence-corrected chi connectivity index (χ2v) is 6.81. The fourth-order valence-corrected chi connectivity index (χ4v) is 2.14. The van der Waals surface area contributed by atoms with E-state index in [1.807, 2.05) is 26.8 Å². The monoisotopic (exact) mass is 268 g/mol. The average Bonchev–Trinajstić information content (AvgIpc) is 2.13. The Hall–Kier alpha value is -1.16. The van der Waals surface area contributed by atoms with Crippen LogP contribution in [0.3, 0.4) is 0 Å². The van der Waals surface area contributed by atoms with E-state index < -0.39 is 10.7 Å². The molecule has 0 heterocycles. The topological polar surface area (TPSA) is 57.5 Å². The molecule has 4 heteroatoms. The minimum absolute atomic E-state index is 0.0650. The van der Waals surface area contributed by atoms with Crippen LogP contribution in [0.15, 0.2) is 18.2 Å². The van der Waals surface area contributed by atoms with E-state index >= 15 is 0 Å². The molecule has 0 radical (unpaired) electrons. The number of rotatable bonds is 3. The van der Waals surface area contributed by atoms with Gasteiger partial charge in [0.2, 0.25) is 0 Å². The van der Waals surface area contributed by atoms with E-state index in [-0.39, 0.29) is 17.6 Å². The molecule has 0 aliphatic carbocycles. The number of hydrogen-bond donors (Lipinski definition) is 3. The maximum Gasteiger partial charge on any atom is 0.305 e. The predicted molar refractivity (Wildman–Crippen MR) is 75.4 cm³/mol. The molecule has 1 unspecified atom stereocenters. The number of aromatic hydroxyl groups is 1. The highest BCUT2D eigenvalue weighted by atomic mass is 32.1. The van der Waals surface area contributed by atoms with Gasteiger partial charge < -0.3 is 10.2 Å². The van der Waals surface area contributed by atoms with Crippen molar-refractivity contribution in [1.29, 1.82) is 0 Å². The first kappa shape index (κ1) is 14.9. The molecule has 0 spiro atoms. The van der Waals surface area contributed by atoms with E-state index in [9.17, 15) is 9.90 Å². The highest BCUT2D eigenvalue weighted by Crippen LogP contribution is 2.37. The number of carbonyl (C=O) groups is 1. The summed E-state index contributed by atoms with van der Waals surface area (Å²) >= 11 is 4.43. The lowest BCUT2D eigenvalue weighted by molar-refractivity contribution is -0.137. The molecule has 1 atom stereocenters. The normalized spacial score (nSPS) is 15.2. The zero-order valence-electron chi connectivity index (χ0n) is 11.2. The number of carboxylic acid groups (broad SMARTS) is 1. The van der Waals surface area contributed by atoms with E-state index in [1.54, 1.807) is 19.1 Å². The summed E-state index contributed by atoms with van der Waals surface area (Å²) in [5, 5.41) is 18.8. The van der Waals surface area contributed by atoms with Crippen molar-refractivity contribution in [3.8, 4) is 5.75 Å². The molecule has 0 aromatic heterocycles. The highest BCUT2D eigenvalue weighted by molar-refractivity contribution is 7.81. The van der Waals surface area contributed by atoms with Crippen LogP contribution in [0.2, 0.25) is 0 Å². The Balaban J connectivity index is 3.24. The van der Waals surface area contributed by atoms with Crippen LogP contribution in [0, 0.1) is 0 Å². The van der Waals surface area contributed by atoms with Gasteiger partial charge in [-0.15, -0.1) is 0 Å². The summed E-state index contributed by atoms with van der Waals surface area (Å²) in [4.78, 5) is 10.8. The van der Waals surface area contributed by atoms with Gasteiger partial charge in [-0.25, -0.2) is 0 Å². The average molecular weight is 268 g/mol. The molecule has 0 saturated carbocycles. The van der Waals surface area contributed by atoms with E-state index in [2.05, 4.69) is 12.6 Å². The number of carboxylic acids is 1. The maximum absolute atomic E-state index is 10.8. The van der Waals surface area contributed by atoms with Gasteiger partial charge in [-0.05, 0) is 29.5 Å². The Morgan fingerprint density at radius 3 is 2.28 bits per heavy atom. The van der Waals surface area contributed by atoms with E-state index in [0.29, 0.717) is 0 Å². The lowest BCUT2D eigenvalue weighted by Crippen LogP contribution is -2.20. The van der Waals surface area contributed by atoms with Gasteiger partial charge in [0.15, 0.2) is 0 Å². The molecule has 0 aliphatic rings. The van der Waals surface area contributed by atoms with Crippen LogP contribution in [0.4, 0.5) is 0 Å². The Morgan fingerprint density at radius 1 is 1.28 bits per heavy atom. The third kappa shape index (κ3) is 3.42. The van der Waals surface area contributed by atoms with Crippen LogP contribution < -0.4 is 0 Å². The van der Waals surface area contributed by atoms with Crippen LogP contribution in [0.25, 0.3) is 0 Å². The predicted octanol–water partition coefficient (Wildman–Crippen LogP) is 3.31. The van der Waals surface area contributed by atoms with Crippen LogP contribution >= 0.6 is 12.6 Å². The van der Waals surface area contributed by atoms with Crippen molar-refractivity contribution >= 4 is 18.6 Å². The van der Waals surface area contributed by atoms with Gasteiger partial charge in [0.1, 0.15) is 5.75 Å². The SMILES string of the molecule is CC(C)(C)c1cc(C(C)(S)CC(=O)O)ccc1O. The van der Waals surface area contributed by atoms with Gasteiger partial charge in [0, 0.05) is 4.75 Å². The summed E-state index contributed by atoms with van der Waals surface area (Å²) in [6.07, 6.45) is -0.0650. The summed E-state index contributed by atoms with van der Waals surface area (Å²) in [7, 11) is 0. The van der Waals surface area contributed by atoms with Crippen LogP contribution in [-0.2, 0) is 15.0 Å². The fraction of sp³-hybridized carbons (Fsp3) is 0.500. The molecule has 0 fully saturated rings. The van der Waals surface area contributed by atoms with Gasteiger partial charge in [0.25, 0.3) is 0 Å². The van der Waals surface area contributed by atoms with Gasteiger partial charge in [0.05, 0.1) is 6.42 Å². The van der Waals surface area contributed by atoms with Crippen molar-refractivity contribution in [2.75, 3.05) is 0 Å². The number of phenols is 1.